The third-order valence-electron chi connectivity index (χ3n) is 4.66. The lowest BCUT2D eigenvalue weighted by Gasteiger charge is -2.24. The van der Waals surface area contributed by atoms with E-state index in [0.29, 0.717) is 5.02 Å². The Labute approximate surface area is 170 Å². The van der Waals surface area contributed by atoms with Crippen LogP contribution in [0.3, 0.4) is 0 Å². The van der Waals surface area contributed by atoms with Gasteiger partial charge >= 0.3 is 5.91 Å². The van der Waals surface area contributed by atoms with Gasteiger partial charge in [-0.2, -0.15) is 0 Å². The molecular formula is C22H14ClFN2O3. The van der Waals surface area contributed by atoms with Crippen molar-refractivity contribution in [2.24, 2.45) is 0 Å². The molecule has 0 radical (unpaired) electrons. The van der Waals surface area contributed by atoms with Crippen molar-refractivity contribution in [3.05, 3.63) is 100 Å². The van der Waals surface area contributed by atoms with Gasteiger partial charge in [-0.3, -0.25) is 14.5 Å². The molecule has 3 aromatic rings. The second-order valence-electron chi connectivity index (χ2n) is 6.39. The number of hydrogen-bond acceptors (Lipinski definition) is 4. The summed E-state index contributed by atoms with van der Waals surface area (Å²) in [4.78, 5) is 31.0. The molecule has 2 aromatic carbocycles. The Morgan fingerprint density at radius 1 is 1.00 bits per heavy atom. The second-order valence-corrected chi connectivity index (χ2v) is 6.82. The molecule has 0 bridgehead atoms. The normalized spacial score (nSPS) is 18.3. The second kappa shape index (κ2) is 7.48. The van der Waals surface area contributed by atoms with Crippen molar-refractivity contribution in [1.82, 2.24) is 4.98 Å². The standard InChI is InChI=1S/C22H14ClFN2O3/c23-14-10-8-13(9-11-14)20(27)18-19(15-5-1-2-6-16(15)24)26(22(29)21(18)28)17-7-3-4-12-25-17/h1-12,19,27H/b20-18+/t19-/m0/s1. The van der Waals surface area contributed by atoms with Crippen LogP contribution in [-0.2, 0) is 9.59 Å². The quantitative estimate of drug-likeness (QED) is 0.393. The Morgan fingerprint density at radius 3 is 2.34 bits per heavy atom. The number of aliphatic hydroxyl groups excluding tert-OH is 1. The van der Waals surface area contributed by atoms with Crippen molar-refractivity contribution in [3.8, 4) is 0 Å². The van der Waals surface area contributed by atoms with Gasteiger partial charge in [0.15, 0.2) is 0 Å². The Morgan fingerprint density at radius 2 is 1.69 bits per heavy atom. The lowest BCUT2D eigenvalue weighted by atomic mass is 9.95. The molecule has 1 atom stereocenters. The number of Topliss-reactive ketones (excluding diaryl/α,β-unsaturated/α-hetero) is 1. The predicted molar refractivity (Wildman–Crippen MR) is 107 cm³/mol. The van der Waals surface area contributed by atoms with Gasteiger partial charge in [0.1, 0.15) is 17.4 Å². The van der Waals surface area contributed by atoms with Gasteiger partial charge < -0.3 is 5.11 Å². The number of benzene rings is 2. The molecule has 0 spiro atoms. The highest BCUT2D eigenvalue weighted by Gasteiger charge is 2.48. The molecule has 0 saturated carbocycles. The number of carbonyl (C=O) groups is 2. The number of carbonyl (C=O) groups excluding carboxylic acids is 2. The smallest absolute Gasteiger partial charge is 0.301 e. The van der Waals surface area contributed by atoms with Crippen LogP contribution >= 0.6 is 11.6 Å². The Balaban J connectivity index is 1.97. The van der Waals surface area contributed by atoms with Crippen molar-refractivity contribution in [2.45, 2.75) is 6.04 Å². The van der Waals surface area contributed by atoms with Gasteiger partial charge in [-0.05, 0) is 42.5 Å². The van der Waals surface area contributed by atoms with Crippen molar-refractivity contribution in [2.75, 3.05) is 4.90 Å². The van der Waals surface area contributed by atoms with Crippen LogP contribution in [-0.4, -0.2) is 21.8 Å². The van der Waals surface area contributed by atoms with Gasteiger partial charge in [0, 0.05) is 22.3 Å². The van der Waals surface area contributed by atoms with Crippen LogP contribution in [0.2, 0.25) is 5.02 Å². The van der Waals surface area contributed by atoms with Crippen LogP contribution in [0.5, 0.6) is 0 Å². The van der Waals surface area contributed by atoms with E-state index in [1.807, 2.05) is 0 Å². The Kier molecular flexibility index (Phi) is 4.86. The Hall–Kier alpha value is -3.51. The van der Waals surface area contributed by atoms with Crippen molar-refractivity contribution in [1.29, 1.82) is 0 Å². The fraction of sp³-hybridized carbons (Fsp3) is 0.0455. The first-order valence-corrected chi connectivity index (χ1v) is 9.09. The number of aliphatic hydroxyl groups is 1. The summed E-state index contributed by atoms with van der Waals surface area (Å²) < 4.78 is 14.7. The summed E-state index contributed by atoms with van der Waals surface area (Å²) in [5, 5.41) is 11.3. The van der Waals surface area contributed by atoms with Crippen LogP contribution in [0.4, 0.5) is 10.2 Å². The fourth-order valence-corrected chi connectivity index (χ4v) is 3.45. The zero-order valence-corrected chi connectivity index (χ0v) is 15.7. The topological polar surface area (TPSA) is 70.5 Å². The molecule has 144 valence electrons. The maximum Gasteiger partial charge on any atom is 0.301 e. The lowest BCUT2D eigenvalue weighted by molar-refractivity contribution is -0.132. The largest absolute Gasteiger partial charge is 0.507 e. The molecule has 2 heterocycles. The maximum atomic E-state index is 14.7. The molecular weight excluding hydrogens is 395 g/mol. The van der Waals surface area contributed by atoms with E-state index in [9.17, 15) is 19.1 Å². The molecule has 1 N–H and O–H groups in total. The van der Waals surface area contributed by atoms with E-state index >= 15 is 0 Å². The minimum absolute atomic E-state index is 0.0767. The van der Waals surface area contributed by atoms with Crippen LogP contribution in [0.25, 0.3) is 5.76 Å². The molecule has 0 unspecified atom stereocenters. The summed E-state index contributed by atoms with van der Waals surface area (Å²) in [6.07, 6.45) is 1.46. The number of rotatable bonds is 3. The lowest BCUT2D eigenvalue weighted by Crippen LogP contribution is -2.30. The highest BCUT2D eigenvalue weighted by Crippen LogP contribution is 2.42. The third-order valence-corrected chi connectivity index (χ3v) is 4.91. The number of aromatic nitrogens is 1. The molecule has 1 aromatic heterocycles. The molecule has 1 fully saturated rings. The number of ketones is 1. The van der Waals surface area contributed by atoms with Crippen molar-refractivity contribution in [3.63, 3.8) is 0 Å². The summed E-state index contributed by atoms with van der Waals surface area (Å²) in [5.74, 6) is -2.66. The predicted octanol–water partition coefficient (Wildman–Crippen LogP) is 4.50. The van der Waals surface area contributed by atoms with Gasteiger partial charge in [-0.1, -0.05) is 35.9 Å². The average Bonchev–Trinajstić information content (AvgIpc) is 3.00. The molecule has 29 heavy (non-hydrogen) atoms. The summed E-state index contributed by atoms with van der Waals surface area (Å²) in [6, 6.07) is 15.6. The van der Waals surface area contributed by atoms with Gasteiger partial charge in [-0.15, -0.1) is 0 Å². The van der Waals surface area contributed by atoms with Crippen molar-refractivity contribution >= 4 is 34.9 Å². The molecule has 1 saturated heterocycles. The summed E-state index contributed by atoms with van der Waals surface area (Å²) >= 11 is 5.89. The highest BCUT2D eigenvalue weighted by atomic mass is 35.5. The van der Waals surface area contributed by atoms with E-state index in [-0.39, 0.29) is 22.5 Å². The number of hydrogen-bond donors (Lipinski definition) is 1. The highest BCUT2D eigenvalue weighted by molar-refractivity contribution is 6.51. The van der Waals surface area contributed by atoms with Gasteiger partial charge in [0.25, 0.3) is 5.78 Å². The molecule has 4 rings (SSSR count). The van der Waals surface area contributed by atoms with Crippen LogP contribution < -0.4 is 4.90 Å². The minimum atomic E-state index is -1.17. The molecule has 1 aliphatic rings. The van der Waals surface area contributed by atoms with E-state index in [0.717, 1.165) is 4.90 Å². The van der Waals surface area contributed by atoms with E-state index in [1.54, 1.807) is 36.4 Å². The zero-order valence-electron chi connectivity index (χ0n) is 14.9. The van der Waals surface area contributed by atoms with E-state index in [4.69, 9.17) is 11.6 Å². The first-order chi connectivity index (χ1) is 14.0. The summed E-state index contributed by atoms with van der Waals surface area (Å²) in [7, 11) is 0. The first kappa shape index (κ1) is 18.8. The van der Waals surface area contributed by atoms with E-state index in [2.05, 4.69) is 4.98 Å². The number of nitrogens with zero attached hydrogens (tertiary/aromatic N) is 2. The molecule has 7 heteroatoms. The number of halogens is 2. The fourth-order valence-electron chi connectivity index (χ4n) is 3.32. The maximum absolute atomic E-state index is 14.7. The van der Waals surface area contributed by atoms with Crippen molar-refractivity contribution < 1.29 is 19.1 Å². The van der Waals surface area contributed by atoms with Crippen LogP contribution in [0.15, 0.2) is 78.5 Å². The third kappa shape index (κ3) is 3.28. The first-order valence-electron chi connectivity index (χ1n) is 8.71. The van der Waals surface area contributed by atoms with Gasteiger partial charge in [0.05, 0.1) is 11.6 Å². The number of amides is 1. The summed E-state index contributed by atoms with van der Waals surface area (Å²) in [6.45, 7) is 0. The monoisotopic (exact) mass is 408 g/mol. The molecule has 1 aliphatic heterocycles. The average molecular weight is 409 g/mol. The van der Waals surface area contributed by atoms with E-state index < -0.39 is 29.3 Å². The molecule has 1 amide bonds. The Bertz CT molecular complexity index is 1130. The molecule has 5 nitrogen and oxygen atoms in total. The van der Waals surface area contributed by atoms with E-state index in [1.165, 1.54) is 36.5 Å². The minimum Gasteiger partial charge on any atom is -0.507 e. The number of anilines is 1. The van der Waals surface area contributed by atoms with Crippen LogP contribution in [0, 0.1) is 5.82 Å². The zero-order chi connectivity index (χ0) is 20.5. The SMILES string of the molecule is O=C1C(=O)N(c2ccccn2)[C@@H](c2ccccc2F)/C1=C(\O)c1ccc(Cl)cc1. The van der Waals surface area contributed by atoms with Crippen LogP contribution in [0.1, 0.15) is 17.2 Å². The summed E-state index contributed by atoms with van der Waals surface area (Å²) in [5.41, 5.74) is 0.149. The van der Waals surface area contributed by atoms with Gasteiger partial charge in [-0.25, -0.2) is 9.37 Å². The van der Waals surface area contributed by atoms with Gasteiger partial charge in [0.2, 0.25) is 0 Å². The molecule has 0 aliphatic carbocycles. The number of pyridine rings is 1.